The first-order chi connectivity index (χ1) is 14.6. The van der Waals surface area contributed by atoms with Gasteiger partial charge < -0.3 is 15.3 Å². The van der Waals surface area contributed by atoms with Gasteiger partial charge in [-0.25, -0.2) is 0 Å². The van der Waals surface area contributed by atoms with Crippen LogP contribution in [0.25, 0.3) is 0 Å². The SMILES string of the molecule is CCCCCCCCCCCCCCCCCC(=O)C(CCO)C(=O)CC(O)CO. The van der Waals surface area contributed by atoms with E-state index in [4.69, 9.17) is 10.2 Å². The quantitative estimate of drug-likeness (QED) is 0.155. The molecule has 0 bridgehead atoms. The molecule has 0 aromatic heterocycles. The average Bonchev–Trinajstić information content (AvgIpc) is 2.74. The zero-order valence-corrected chi connectivity index (χ0v) is 19.5. The highest BCUT2D eigenvalue weighted by atomic mass is 16.3. The lowest BCUT2D eigenvalue weighted by molar-refractivity contribution is -0.135. The molecule has 0 aromatic carbocycles. The summed E-state index contributed by atoms with van der Waals surface area (Å²) in [6.45, 7) is 1.53. The molecular weight excluding hydrogens is 380 g/mol. The van der Waals surface area contributed by atoms with Crippen LogP contribution < -0.4 is 0 Å². The van der Waals surface area contributed by atoms with Crippen LogP contribution in [0, 0.1) is 5.92 Å². The molecule has 5 nitrogen and oxygen atoms in total. The van der Waals surface area contributed by atoms with Crippen molar-refractivity contribution in [3.63, 3.8) is 0 Å². The Balaban J connectivity index is 3.63. The second-order valence-corrected chi connectivity index (χ2v) is 8.74. The maximum Gasteiger partial charge on any atom is 0.146 e. The lowest BCUT2D eigenvalue weighted by Gasteiger charge is -2.15. The van der Waals surface area contributed by atoms with Crippen LogP contribution in [0.1, 0.15) is 122 Å². The molecule has 2 atom stereocenters. The highest BCUT2D eigenvalue weighted by Crippen LogP contribution is 2.17. The van der Waals surface area contributed by atoms with Gasteiger partial charge in [0.2, 0.25) is 0 Å². The average molecular weight is 429 g/mol. The maximum absolute atomic E-state index is 12.3. The van der Waals surface area contributed by atoms with Gasteiger partial charge in [0.1, 0.15) is 11.6 Å². The van der Waals surface area contributed by atoms with Gasteiger partial charge >= 0.3 is 0 Å². The largest absolute Gasteiger partial charge is 0.396 e. The summed E-state index contributed by atoms with van der Waals surface area (Å²) in [6.07, 6.45) is 18.1. The van der Waals surface area contributed by atoms with Crippen molar-refractivity contribution in [3.8, 4) is 0 Å². The Morgan fingerprint density at radius 3 is 1.50 bits per heavy atom. The lowest BCUT2D eigenvalue weighted by atomic mass is 9.89. The van der Waals surface area contributed by atoms with Crippen molar-refractivity contribution in [2.24, 2.45) is 5.92 Å². The molecule has 0 aliphatic heterocycles. The Kier molecular flexibility index (Phi) is 20.9. The summed E-state index contributed by atoms with van der Waals surface area (Å²) in [5.41, 5.74) is 0. The third-order valence-corrected chi connectivity index (χ3v) is 5.87. The number of hydrogen-bond acceptors (Lipinski definition) is 5. The number of hydrogen-bond donors (Lipinski definition) is 3. The van der Waals surface area contributed by atoms with E-state index in [9.17, 15) is 14.7 Å². The Labute approximate surface area is 184 Å². The van der Waals surface area contributed by atoms with Crippen LogP contribution in [0.3, 0.4) is 0 Å². The molecule has 5 heteroatoms. The van der Waals surface area contributed by atoms with E-state index in [-0.39, 0.29) is 31.0 Å². The molecule has 30 heavy (non-hydrogen) atoms. The number of carbonyl (C=O) groups excluding carboxylic acids is 2. The van der Waals surface area contributed by atoms with E-state index in [0.29, 0.717) is 6.42 Å². The molecule has 0 fully saturated rings. The van der Waals surface area contributed by atoms with Gasteiger partial charge in [0.05, 0.1) is 18.6 Å². The second kappa shape index (κ2) is 21.5. The number of unbranched alkanes of at least 4 members (excludes halogenated alkanes) is 14. The Morgan fingerprint density at radius 1 is 0.667 bits per heavy atom. The van der Waals surface area contributed by atoms with Crippen molar-refractivity contribution in [2.45, 2.75) is 129 Å². The topological polar surface area (TPSA) is 94.8 Å². The van der Waals surface area contributed by atoms with Crippen LogP contribution in [0.2, 0.25) is 0 Å². The van der Waals surface area contributed by atoms with Crippen LogP contribution in [-0.2, 0) is 9.59 Å². The van der Waals surface area contributed by atoms with E-state index >= 15 is 0 Å². The van der Waals surface area contributed by atoms with Crippen molar-refractivity contribution in [3.05, 3.63) is 0 Å². The van der Waals surface area contributed by atoms with Gasteiger partial charge in [0, 0.05) is 19.4 Å². The molecule has 0 aliphatic rings. The zero-order chi connectivity index (χ0) is 22.5. The number of ketones is 2. The van der Waals surface area contributed by atoms with Crippen LogP contribution in [0.4, 0.5) is 0 Å². The minimum absolute atomic E-state index is 0.106. The smallest absolute Gasteiger partial charge is 0.146 e. The number of carbonyl (C=O) groups is 2. The second-order valence-electron chi connectivity index (χ2n) is 8.74. The number of Topliss-reactive ketones (excluding diaryl/α,β-unsaturated/α-hetero) is 2. The van der Waals surface area contributed by atoms with Gasteiger partial charge in [-0.05, 0) is 12.8 Å². The molecule has 0 saturated carbocycles. The third kappa shape index (κ3) is 17.0. The number of aliphatic hydroxyl groups is 3. The summed E-state index contributed by atoms with van der Waals surface area (Å²) in [5.74, 6) is -1.37. The minimum atomic E-state index is -1.13. The lowest BCUT2D eigenvalue weighted by Crippen LogP contribution is -2.29. The highest BCUT2D eigenvalue weighted by molar-refractivity contribution is 6.02. The number of rotatable bonds is 23. The maximum atomic E-state index is 12.3. The van der Waals surface area contributed by atoms with Crippen LogP contribution in [-0.4, -0.2) is 46.2 Å². The molecule has 0 aliphatic carbocycles. The van der Waals surface area contributed by atoms with Crippen LogP contribution >= 0.6 is 0 Å². The van der Waals surface area contributed by atoms with E-state index in [0.717, 1.165) is 19.3 Å². The first-order valence-corrected chi connectivity index (χ1v) is 12.5. The Morgan fingerprint density at radius 2 is 1.10 bits per heavy atom. The minimum Gasteiger partial charge on any atom is -0.396 e. The van der Waals surface area contributed by atoms with Crippen molar-refractivity contribution >= 4 is 11.6 Å². The Hall–Kier alpha value is -0.780. The van der Waals surface area contributed by atoms with E-state index in [2.05, 4.69) is 6.92 Å². The molecule has 0 radical (unpaired) electrons. The summed E-state index contributed by atoms with van der Waals surface area (Å²) >= 11 is 0. The van der Waals surface area contributed by atoms with E-state index in [1.807, 2.05) is 0 Å². The predicted molar refractivity (Wildman–Crippen MR) is 122 cm³/mol. The Bertz CT molecular complexity index is 410. The molecular formula is C25H48O5. The molecule has 3 N–H and O–H groups in total. The summed E-state index contributed by atoms with van der Waals surface area (Å²) in [6, 6.07) is 0. The van der Waals surface area contributed by atoms with Gasteiger partial charge in [-0.3, -0.25) is 9.59 Å². The standard InChI is InChI=1S/C25H48O5/c1-2-3-4-5-6-7-8-9-10-11-12-13-14-15-16-17-24(29)23(18-19-26)25(30)20-22(28)21-27/h22-23,26-28H,2-21H2,1H3. The molecule has 0 saturated heterocycles. The summed E-state index contributed by atoms with van der Waals surface area (Å²) < 4.78 is 0. The van der Waals surface area contributed by atoms with Gasteiger partial charge in [-0.2, -0.15) is 0 Å². The van der Waals surface area contributed by atoms with Crippen molar-refractivity contribution in [1.82, 2.24) is 0 Å². The fourth-order valence-corrected chi connectivity index (χ4v) is 3.91. The molecule has 178 valence electrons. The summed E-state index contributed by atoms with van der Waals surface area (Å²) in [5, 5.41) is 27.4. The summed E-state index contributed by atoms with van der Waals surface area (Å²) in [7, 11) is 0. The van der Waals surface area contributed by atoms with E-state index < -0.39 is 18.6 Å². The van der Waals surface area contributed by atoms with Crippen molar-refractivity contribution in [1.29, 1.82) is 0 Å². The fraction of sp³-hybridized carbons (Fsp3) is 0.920. The van der Waals surface area contributed by atoms with Gasteiger partial charge in [0.25, 0.3) is 0 Å². The molecule has 0 aromatic rings. The fourth-order valence-electron chi connectivity index (χ4n) is 3.91. The van der Waals surface area contributed by atoms with Crippen molar-refractivity contribution < 1.29 is 24.9 Å². The highest BCUT2D eigenvalue weighted by Gasteiger charge is 2.26. The van der Waals surface area contributed by atoms with E-state index in [1.54, 1.807) is 0 Å². The molecule has 2 unspecified atom stereocenters. The van der Waals surface area contributed by atoms with Gasteiger partial charge in [0.15, 0.2) is 0 Å². The third-order valence-electron chi connectivity index (χ3n) is 5.87. The van der Waals surface area contributed by atoms with Crippen LogP contribution in [0.5, 0.6) is 0 Å². The van der Waals surface area contributed by atoms with Crippen molar-refractivity contribution in [2.75, 3.05) is 13.2 Å². The first-order valence-electron chi connectivity index (χ1n) is 12.5. The van der Waals surface area contributed by atoms with Gasteiger partial charge in [-0.15, -0.1) is 0 Å². The normalized spacial score (nSPS) is 13.3. The van der Waals surface area contributed by atoms with Gasteiger partial charge in [-0.1, -0.05) is 96.8 Å². The number of aliphatic hydroxyl groups excluding tert-OH is 3. The molecule has 0 heterocycles. The summed E-state index contributed by atoms with van der Waals surface area (Å²) in [4.78, 5) is 24.4. The first kappa shape index (κ1) is 29.2. The predicted octanol–water partition coefficient (Wildman–Crippen LogP) is 5.13. The molecule has 0 amide bonds. The van der Waals surface area contributed by atoms with E-state index in [1.165, 1.54) is 77.0 Å². The molecule has 0 rings (SSSR count). The monoisotopic (exact) mass is 428 g/mol. The molecule has 0 spiro atoms. The van der Waals surface area contributed by atoms with Crippen LogP contribution in [0.15, 0.2) is 0 Å². The zero-order valence-electron chi connectivity index (χ0n) is 19.5.